The van der Waals surface area contributed by atoms with Crippen LogP contribution in [0.15, 0.2) is 15.8 Å². The van der Waals surface area contributed by atoms with Crippen LogP contribution in [-0.4, -0.2) is 27.6 Å². The minimum absolute atomic E-state index is 0.107. The van der Waals surface area contributed by atoms with Crippen LogP contribution >= 0.6 is 0 Å². The summed E-state index contributed by atoms with van der Waals surface area (Å²) in [5.41, 5.74) is -1.97. The summed E-state index contributed by atoms with van der Waals surface area (Å²) >= 11 is 0. The molecule has 17 heavy (non-hydrogen) atoms. The number of aromatic nitrogens is 2. The van der Waals surface area contributed by atoms with Crippen LogP contribution in [0.4, 0.5) is 5.69 Å². The van der Waals surface area contributed by atoms with Crippen LogP contribution in [0.25, 0.3) is 0 Å². The lowest BCUT2D eigenvalue weighted by Gasteiger charge is -2.07. The quantitative estimate of drug-likeness (QED) is 0.536. The molecular formula is C9H14N4O4. The van der Waals surface area contributed by atoms with E-state index in [1.807, 2.05) is 0 Å². The van der Waals surface area contributed by atoms with E-state index in [-0.39, 0.29) is 13.1 Å². The lowest BCUT2D eigenvalue weighted by molar-refractivity contribution is -0.387. The molecule has 0 atom stereocenters. The molecule has 0 amide bonds. The molecule has 0 unspecified atom stereocenters. The normalized spacial score (nSPS) is 10.5. The molecule has 1 heterocycles. The highest BCUT2D eigenvalue weighted by molar-refractivity contribution is 5.21. The number of hydrogen-bond donors (Lipinski definition) is 1. The molecule has 1 rings (SSSR count). The van der Waals surface area contributed by atoms with Gasteiger partial charge in [-0.25, -0.2) is 4.79 Å². The van der Waals surface area contributed by atoms with Crippen molar-refractivity contribution in [1.29, 1.82) is 0 Å². The van der Waals surface area contributed by atoms with Gasteiger partial charge in [0.05, 0.1) is 11.1 Å². The zero-order valence-electron chi connectivity index (χ0n) is 9.67. The van der Waals surface area contributed by atoms with E-state index >= 15 is 0 Å². The van der Waals surface area contributed by atoms with E-state index in [4.69, 9.17) is 0 Å². The molecule has 94 valence electrons. The van der Waals surface area contributed by atoms with Gasteiger partial charge in [0, 0.05) is 19.6 Å². The molecule has 0 saturated carbocycles. The molecule has 0 aromatic carbocycles. The topological polar surface area (TPSA) is 99.2 Å². The standard InChI is InChI=1S/C9H14N4O4/c1-3-11-6-7(13(16)17)8(14)12(9(11)15)5-4-10-2/h6,10H,3-5H2,1-2H3. The molecule has 0 aliphatic rings. The number of nitro groups is 1. The summed E-state index contributed by atoms with van der Waals surface area (Å²) in [5.74, 6) is 0. The number of nitrogens with one attached hydrogen (secondary N) is 1. The Balaban J connectivity index is 3.45. The predicted molar refractivity (Wildman–Crippen MR) is 61.2 cm³/mol. The first-order valence-corrected chi connectivity index (χ1v) is 5.16. The van der Waals surface area contributed by atoms with Gasteiger partial charge in [0.1, 0.15) is 0 Å². The second-order valence-electron chi connectivity index (χ2n) is 3.40. The van der Waals surface area contributed by atoms with E-state index in [1.165, 1.54) is 0 Å². The second-order valence-corrected chi connectivity index (χ2v) is 3.40. The van der Waals surface area contributed by atoms with Crippen LogP contribution in [0.5, 0.6) is 0 Å². The van der Waals surface area contributed by atoms with E-state index in [2.05, 4.69) is 5.32 Å². The lowest BCUT2D eigenvalue weighted by atomic mass is 10.4. The zero-order valence-corrected chi connectivity index (χ0v) is 9.67. The van der Waals surface area contributed by atoms with Crippen LogP contribution in [0.2, 0.25) is 0 Å². The molecule has 1 aromatic heterocycles. The fraction of sp³-hybridized carbons (Fsp3) is 0.556. The maximum Gasteiger partial charge on any atom is 0.350 e. The monoisotopic (exact) mass is 242 g/mol. The molecule has 0 bridgehead atoms. The number of nitrogens with zero attached hydrogens (tertiary/aromatic N) is 3. The van der Waals surface area contributed by atoms with Gasteiger partial charge < -0.3 is 5.32 Å². The number of likely N-dealkylation sites (N-methyl/N-ethyl adjacent to an activating group) is 1. The Bertz CT molecular complexity index is 531. The Morgan fingerprint density at radius 3 is 2.59 bits per heavy atom. The van der Waals surface area contributed by atoms with Crippen LogP contribution in [0.1, 0.15) is 6.92 Å². The Hall–Kier alpha value is -1.96. The van der Waals surface area contributed by atoms with Gasteiger partial charge in [0.25, 0.3) is 0 Å². The molecule has 0 radical (unpaired) electrons. The van der Waals surface area contributed by atoms with Crippen molar-refractivity contribution in [2.24, 2.45) is 0 Å². The van der Waals surface area contributed by atoms with E-state index < -0.39 is 21.9 Å². The maximum atomic E-state index is 11.8. The smallest absolute Gasteiger partial charge is 0.318 e. The van der Waals surface area contributed by atoms with E-state index in [1.54, 1.807) is 14.0 Å². The molecule has 8 nitrogen and oxygen atoms in total. The third-order valence-corrected chi connectivity index (χ3v) is 2.34. The average molecular weight is 242 g/mol. The van der Waals surface area contributed by atoms with Crippen molar-refractivity contribution in [1.82, 2.24) is 14.5 Å². The van der Waals surface area contributed by atoms with Gasteiger partial charge in [-0.3, -0.25) is 24.0 Å². The van der Waals surface area contributed by atoms with Gasteiger partial charge >= 0.3 is 16.9 Å². The highest BCUT2D eigenvalue weighted by atomic mass is 16.6. The number of hydrogen-bond acceptors (Lipinski definition) is 5. The van der Waals surface area contributed by atoms with Gasteiger partial charge in [0.15, 0.2) is 0 Å². The summed E-state index contributed by atoms with van der Waals surface area (Å²) in [7, 11) is 1.67. The fourth-order valence-corrected chi connectivity index (χ4v) is 1.41. The van der Waals surface area contributed by atoms with Crippen LogP contribution < -0.4 is 16.6 Å². The summed E-state index contributed by atoms with van der Waals surface area (Å²) in [4.78, 5) is 33.4. The van der Waals surface area contributed by atoms with Crippen LogP contribution in [0, 0.1) is 10.1 Å². The van der Waals surface area contributed by atoms with Crippen LogP contribution in [0.3, 0.4) is 0 Å². The molecule has 8 heteroatoms. The van der Waals surface area contributed by atoms with E-state index in [0.717, 1.165) is 15.3 Å². The molecule has 0 aliphatic heterocycles. The SMILES string of the molecule is CCn1cc([N+](=O)[O-])c(=O)n(CCNC)c1=O. The number of rotatable bonds is 5. The second kappa shape index (κ2) is 5.39. The van der Waals surface area contributed by atoms with Gasteiger partial charge in [-0.05, 0) is 14.0 Å². The highest BCUT2D eigenvalue weighted by Gasteiger charge is 2.18. The third kappa shape index (κ3) is 2.59. The molecule has 0 fully saturated rings. The minimum Gasteiger partial charge on any atom is -0.318 e. The third-order valence-electron chi connectivity index (χ3n) is 2.34. The van der Waals surface area contributed by atoms with Crippen molar-refractivity contribution in [2.45, 2.75) is 20.0 Å². The van der Waals surface area contributed by atoms with Gasteiger partial charge in [0.2, 0.25) is 0 Å². The first-order chi connectivity index (χ1) is 8.02. The van der Waals surface area contributed by atoms with Crippen molar-refractivity contribution in [3.8, 4) is 0 Å². The largest absolute Gasteiger partial charge is 0.350 e. The van der Waals surface area contributed by atoms with E-state index in [9.17, 15) is 19.7 Å². The van der Waals surface area contributed by atoms with Crippen molar-refractivity contribution < 1.29 is 4.92 Å². The molecular weight excluding hydrogens is 228 g/mol. The Labute approximate surface area is 96.6 Å². The number of aryl methyl sites for hydroxylation is 1. The zero-order chi connectivity index (χ0) is 13.0. The molecule has 0 aliphatic carbocycles. The van der Waals surface area contributed by atoms with Crippen molar-refractivity contribution in [2.75, 3.05) is 13.6 Å². The molecule has 0 saturated heterocycles. The van der Waals surface area contributed by atoms with Crippen LogP contribution in [-0.2, 0) is 13.1 Å². The van der Waals surface area contributed by atoms with Gasteiger partial charge in [-0.2, -0.15) is 0 Å². The summed E-state index contributed by atoms with van der Waals surface area (Å²) in [6, 6.07) is 0. The predicted octanol–water partition coefficient (Wildman–Crippen LogP) is -0.842. The lowest BCUT2D eigenvalue weighted by Crippen LogP contribution is -2.42. The molecule has 1 aromatic rings. The van der Waals surface area contributed by atoms with Gasteiger partial charge in [-0.1, -0.05) is 0 Å². The Kier molecular flexibility index (Phi) is 4.16. The van der Waals surface area contributed by atoms with Crippen molar-refractivity contribution in [3.05, 3.63) is 37.1 Å². The molecule has 0 spiro atoms. The maximum absolute atomic E-state index is 11.8. The first-order valence-electron chi connectivity index (χ1n) is 5.16. The van der Waals surface area contributed by atoms with Gasteiger partial charge in [-0.15, -0.1) is 0 Å². The van der Waals surface area contributed by atoms with Crippen molar-refractivity contribution in [3.63, 3.8) is 0 Å². The average Bonchev–Trinajstić information content (AvgIpc) is 2.29. The summed E-state index contributed by atoms with van der Waals surface area (Å²) in [6.07, 6.45) is 0.987. The summed E-state index contributed by atoms with van der Waals surface area (Å²) in [5, 5.41) is 13.5. The Morgan fingerprint density at radius 1 is 1.47 bits per heavy atom. The summed E-state index contributed by atoms with van der Waals surface area (Å²) < 4.78 is 2.02. The fourth-order valence-electron chi connectivity index (χ4n) is 1.41. The highest BCUT2D eigenvalue weighted by Crippen LogP contribution is 1.99. The van der Waals surface area contributed by atoms with E-state index in [0.29, 0.717) is 6.54 Å². The molecule has 1 N–H and O–H groups in total. The Morgan fingerprint density at radius 2 is 2.12 bits per heavy atom. The van der Waals surface area contributed by atoms with Crippen molar-refractivity contribution >= 4 is 5.69 Å². The summed E-state index contributed by atoms with van der Waals surface area (Å²) in [6.45, 7) is 2.45. The first kappa shape index (κ1) is 13.1. The minimum atomic E-state index is -0.861.